The minimum Gasteiger partial charge on any atom is -0.497 e. The van der Waals surface area contributed by atoms with Crippen LogP contribution in [0.4, 0.5) is 10.2 Å². The Kier molecular flexibility index (Phi) is 7.97. The van der Waals surface area contributed by atoms with Gasteiger partial charge in [-0.3, -0.25) is 14.5 Å². The molecule has 7 nitrogen and oxygen atoms in total. The number of carbonyl (C=O) groups excluding carboxylic acids is 2. The van der Waals surface area contributed by atoms with Gasteiger partial charge in [0.2, 0.25) is 11.8 Å². The van der Waals surface area contributed by atoms with Gasteiger partial charge in [-0.1, -0.05) is 49.4 Å². The zero-order valence-electron chi connectivity index (χ0n) is 21.8. The summed E-state index contributed by atoms with van der Waals surface area (Å²) in [6.45, 7) is 2.33. The number of carbonyl (C=O) groups is 2. The predicted octanol–water partition coefficient (Wildman–Crippen LogP) is 5.38. The normalized spacial score (nSPS) is 15.0. The van der Waals surface area contributed by atoms with Crippen LogP contribution < -0.4 is 15.0 Å². The van der Waals surface area contributed by atoms with Gasteiger partial charge in [0.15, 0.2) is 0 Å². The number of fused-ring (bicyclic) bond motifs is 1. The molecule has 0 bridgehead atoms. The molecule has 2 amide bonds. The highest BCUT2D eigenvalue weighted by Crippen LogP contribution is 2.48. The highest BCUT2D eigenvalue weighted by Gasteiger charge is 2.37. The first-order valence-corrected chi connectivity index (χ1v) is 13.8. The number of hydrogen-bond donors (Lipinski definition) is 1. The molecule has 0 aliphatic carbocycles. The van der Waals surface area contributed by atoms with E-state index in [1.54, 1.807) is 17.9 Å². The average molecular weight is 545 g/mol. The SMILES string of the molecule is CCCNC(=O)CN1C(=O)CSC(c2cccc(F)c2)c2c(-c3ccccc3)nn(-c3ccc(OC)cc3)c21. The number of anilines is 1. The Bertz CT molecular complexity index is 1470. The van der Waals surface area contributed by atoms with E-state index in [9.17, 15) is 14.0 Å². The topological polar surface area (TPSA) is 76.5 Å². The molecule has 1 atom stereocenters. The van der Waals surface area contributed by atoms with Crippen molar-refractivity contribution < 1.29 is 18.7 Å². The Labute approximate surface area is 231 Å². The minimum absolute atomic E-state index is 0.119. The number of amides is 2. The molecule has 9 heteroatoms. The first-order valence-electron chi connectivity index (χ1n) is 12.8. The standard InChI is InChI=1S/C30H29FN4O3S/c1-3-16-32-25(36)18-34-26(37)19-39-29(21-10-7-11-22(31)17-21)27-28(20-8-5-4-6-9-20)33-35(30(27)34)23-12-14-24(38-2)15-13-23/h4-15,17,29H,3,16,18-19H2,1-2H3,(H,32,36). The molecular formula is C30H29FN4O3S. The second-order valence-corrected chi connectivity index (χ2v) is 10.2. The molecule has 1 aliphatic heterocycles. The number of rotatable bonds is 8. The summed E-state index contributed by atoms with van der Waals surface area (Å²) in [7, 11) is 1.60. The molecule has 0 radical (unpaired) electrons. The van der Waals surface area contributed by atoms with Crippen LogP contribution >= 0.6 is 11.8 Å². The van der Waals surface area contributed by atoms with Crippen molar-refractivity contribution in [1.82, 2.24) is 15.1 Å². The molecule has 0 fully saturated rings. The van der Waals surface area contributed by atoms with Crippen LogP contribution in [0.3, 0.4) is 0 Å². The van der Waals surface area contributed by atoms with E-state index < -0.39 is 5.25 Å². The van der Waals surface area contributed by atoms with Crippen LogP contribution in [0.2, 0.25) is 0 Å². The average Bonchev–Trinajstić information content (AvgIpc) is 3.29. The number of nitrogens with one attached hydrogen (secondary N) is 1. The molecule has 1 unspecified atom stereocenters. The Morgan fingerprint density at radius 3 is 2.56 bits per heavy atom. The monoisotopic (exact) mass is 544 g/mol. The number of methoxy groups -OCH3 is 1. The van der Waals surface area contributed by atoms with E-state index in [0.717, 1.165) is 23.1 Å². The van der Waals surface area contributed by atoms with E-state index in [2.05, 4.69) is 5.32 Å². The zero-order chi connectivity index (χ0) is 27.4. The molecule has 0 saturated carbocycles. The van der Waals surface area contributed by atoms with Crippen molar-refractivity contribution >= 4 is 29.4 Å². The van der Waals surface area contributed by atoms with Gasteiger partial charge < -0.3 is 10.1 Å². The van der Waals surface area contributed by atoms with Gasteiger partial charge in [0.05, 0.1) is 29.5 Å². The Balaban J connectivity index is 1.78. The molecule has 1 N–H and O–H groups in total. The van der Waals surface area contributed by atoms with Gasteiger partial charge in [0.1, 0.15) is 23.9 Å². The van der Waals surface area contributed by atoms with E-state index in [1.807, 2.05) is 67.6 Å². The first-order chi connectivity index (χ1) is 19.0. The maximum Gasteiger partial charge on any atom is 0.240 e. The fourth-order valence-corrected chi connectivity index (χ4v) is 5.82. The summed E-state index contributed by atoms with van der Waals surface area (Å²) < 4.78 is 21.5. The van der Waals surface area contributed by atoms with Crippen LogP contribution in [0, 0.1) is 5.82 Å². The minimum atomic E-state index is -0.398. The Morgan fingerprint density at radius 1 is 1.10 bits per heavy atom. The molecule has 2 heterocycles. The van der Waals surface area contributed by atoms with Crippen molar-refractivity contribution in [2.75, 3.05) is 30.9 Å². The fourth-order valence-electron chi connectivity index (χ4n) is 4.63. The van der Waals surface area contributed by atoms with E-state index in [0.29, 0.717) is 29.5 Å². The molecule has 200 valence electrons. The summed E-state index contributed by atoms with van der Waals surface area (Å²) in [5, 5.41) is 7.51. The molecule has 3 aromatic carbocycles. The van der Waals surface area contributed by atoms with Crippen molar-refractivity contribution in [3.63, 3.8) is 0 Å². The third-order valence-electron chi connectivity index (χ3n) is 6.48. The maximum atomic E-state index is 14.4. The largest absolute Gasteiger partial charge is 0.497 e. The lowest BCUT2D eigenvalue weighted by Gasteiger charge is -2.23. The summed E-state index contributed by atoms with van der Waals surface area (Å²) in [6.07, 6.45) is 0.782. The Hall–Kier alpha value is -4.11. The number of benzene rings is 3. The fraction of sp³-hybridized carbons (Fsp3) is 0.233. The van der Waals surface area contributed by atoms with Crippen molar-refractivity contribution in [1.29, 1.82) is 0 Å². The summed E-state index contributed by atoms with van der Waals surface area (Å²) in [4.78, 5) is 28.1. The number of ether oxygens (including phenoxy) is 1. The molecular weight excluding hydrogens is 515 g/mol. The summed E-state index contributed by atoms with van der Waals surface area (Å²) >= 11 is 1.41. The summed E-state index contributed by atoms with van der Waals surface area (Å²) in [5.41, 5.74) is 3.69. The quantitative estimate of drug-likeness (QED) is 0.322. The molecule has 39 heavy (non-hydrogen) atoms. The molecule has 0 saturated heterocycles. The van der Waals surface area contributed by atoms with E-state index in [4.69, 9.17) is 9.84 Å². The highest BCUT2D eigenvalue weighted by molar-refractivity contribution is 8.00. The van der Waals surface area contributed by atoms with Crippen LogP contribution in [-0.4, -0.2) is 47.5 Å². The lowest BCUT2D eigenvalue weighted by molar-refractivity contribution is -0.122. The van der Waals surface area contributed by atoms with Crippen LogP contribution in [-0.2, 0) is 9.59 Å². The summed E-state index contributed by atoms with van der Waals surface area (Å²) in [5.74, 6) is 0.462. The molecule has 4 aromatic rings. The second-order valence-electron chi connectivity index (χ2n) is 9.14. The van der Waals surface area contributed by atoms with E-state index in [1.165, 1.54) is 28.8 Å². The first kappa shape index (κ1) is 26.5. The number of halogens is 1. The van der Waals surface area contributed by atoms with Gasteiger partial charge in [-0.15, -0.1) is 11.8 Å². The van der Waals surface area contributed by atoms with Gasteiger partial charge in [-0.2, -0.15) is 5.10 Å². The predicted molar refractivity (Wildman–Crippen MR) is 152 cm³/mol. The lowest BCUT2D eigenvalue weighted by Crippen LogP contribution is -2.42. The number of aromatic nitrogens is 2. The third kappa shape index (κ3) is 5.54. The molecule has 1 aromatic heterocycles. The smallest absolute Gasteiger partial charge is 0.240 e. The Morgan fingerprint density at radius 2 is 1.87 bits per heavy atom. The second kappa shape index (κ2) is 11.7. The zero-order valence-corrected chi connectivity index (χ0v) is 22.6. The molecule has 0 spiro atoms. The third-order valence-corrected chi connectivity index (χ3v) is 7.73. The number of thioether (sulfide) groups is 1. The van der Waals surface area contributed by atoms with Crippen molar-refractivity contribution in [2.24, 2.45) is 0 Å². The van der Waals surface area contributed by atoms with Crippen LogP contribution in [0.15, 0.2) is 78.9 Å². The van der Waals surface area contributed by atoms with Crippen molar-refractivity contribution in [3.8, 4) is 22.7 Å². The van der Waals surface area contributed by atoms with Crippen molar-refractivity contribution in [3.05, 3.63) is 95.8 Å². The van der Waals surface area contributed by atoms with Gasteiger partial charge in [-0.25, -0.2) is 9.07 Å². The number of hydrogen-bond acceptors (Lipinski definition) is 5. The maximum absolute atomic E-state index is 14.4. The van der Waals surface area contributed by atoms with Crippen LogP contribution in [0.5, 0.6) is 5.75 Å². The molecule has 1 aliphatic rings. The van der Waals surface area contributed by atoms with E-state index in [-0.39, 0.29) is 29.9 Å². The van der Waals surface area contributed by atoms with Gasteiger partial charge >= 0.3 is 0 Å². The van der Waals surface area contributed by atoms with E-state index >= 15 is 0 Å². The number of nitrogens with zero attached hydrogens (tertiary/aromatic N) is 3. The van der Waals surface area contributed by atoms with Gasteiger partial charge in [-0.05, 0) is 48.4 Å². The highest BCUT2D eigenvalue weighted by atomic mass is 32.2. The van der Waals surface area contributed by atoms with Crippen LogP contribution in [0.25, 0.3) is 16.9 Å². The van der Waals surface area contributed by atoms with Gasteiger partial charge in [0.25, 0.3) is 0 Å². The van der Waals surface area contributed by atoms with Crippen LogP contribution in [0.1, 0.15) is 29.7 Å². The molecule has 5 rings (SSSR count). The van der Waals surface area contributed by atoms with Gasteiger partial charge in [0, 0.05) is 17.7 Å². The van der Waals surface area contributed by atoms with Crippen molar-refractivity contribution in [2.45, 2.75) is 18.6 Å². The lowest BCUT2D eigenvalue weighted by atomic mass is 9.99. The summed E-state index contributed by atoms with van der Waals surface area (Å²) in [6, 6.07) is 23.5.